The summed E-state index contributed by atoms with van der Waals surface area (Å²) >= 11 is 5.81. The Morgan fingerprint density at radius 1 is 1.11 bits per heavy atom. The average molecular weight is 400 g/mol. The molecule has 0 spiro atoms. The lowest BCUT2D eigenvalue weighted by molar-refractivity contribution is -0.384. The van der Waals surface area contributed by atoms with Crippen molar-refractivity contribution in [2.75, 3.05) is 6.54 Å². The lowest BCUT2D eigenvalue weighted by atomic mass is 9.92. The van der Waals surface area contributed by atoms with Crippen molar-refractivity contribution in [2.45, 2.75) is 6.42 Å². The summed E-state index contributed by atoms with van der Waals surface area (Å²) in [5.74, 6) is -2.69. The zero-order valence-corrected chi connectivity index (χ0v) is 15.0. The van der Waals surface area contributed by atoms with Gasteiger partial charge in [-0.3, -0.25) is 24.6 Å². The first kappa shape index (κ1) is 19.2. The van der Waals surface area contributed by atoms with Gasteiger partial charge in [0, 0.05) is 36.1 Å². The summed E-state index contributed by atoms with van der Waals surface area (Å²) in [4.78, 5) is 47.5. The molecule has 28 heavy (non-hydrogen) atoms. The Balaban J connectivity index is 2.11. The summed E-state index contributed by atoms with van der Waals surface area (Å²) in [5, 5.41) is 21.8. The molecule has 142 valence electrons. The van der Waals surface area contributed by atoms with Crippen molar-refractivity contribution in [3.63, 3.8) is 0 Å². The molecule has 0 fully saturated rings. The van der Waals surface area contributed by atoms with Crippen LogP contribution in [0.3, 0.4) is 0 Å². The minimum atomic E-state index is -1.39. The summed E-state index contributed by atoms with van der Waals surface area (Å²) < 4.78 is 0. The van der Waals surface area contributed by atoms with Crippen LogP contribution in [0, 0.1) is 10.1 Å². The maximum atomic E-state index is 12.9. The van der Waals surface area contributed by atoms with Gasteiger partial charge in [-0.25, -0.2) is 0 Å². The molecule has 0 N–H and O–H groups in total. The highest BCUT2D eigenvalue weighted by Gasteiger charge is 2.34. The van der Waals surface area contributed by atoms with E-state index in [2.05, 4.69) is 0 Å². The number of benzene rings is 2. The number of hydrogen-bond acceptors (Lipinski definition) is 6. The number of hydrogen-bond donors (Lipinski definition) is 0. The van der Waals surface area contributed by atoms with E-state index in [1.54, 1.807) is 18.2 Å². The molecule has 2 aromatic carbocycles. The van der Waals surface area contributed by atoms with Crippen molar-refractivity contribution in [1.82, 2.24) is 4.90 Å². The van der Waals surface area contributed by atoms with E-state index in [9.17, 15) is 29.6 Å². The second-order valence-corrected chi connectivity index (χ2v) is 6.36. The number of fused-ring (bicyclic) bond motifs is 1. The van der Waals surface area contributed by atoms with Crippen molar-refractivity contribution in [2.24, 2.45) is 0 Å². The number of aliphatic carboxylic acids is 1. The molecule has 0 aromatic heterocycles. The van der Waals surface area contributed by atoms with Crippen LogP contribution in [0.4, 0.5) is 5.69 Å². The van der Waals surface area contributed by atoms with E-state index in [4.69, 9.17) is 11.6 Å². The lowest BCUT2D eigenvalue weighted by Gasteiger charge is -2.28. The van der Waals surface area contributed by atoms with Crippen molar-refractivity contribution in [3.8, 4) is 0 Å². The van der Waals surface area contributed by atoms with Crippen LogP contribution in [0.1, 0.15) is 27.9 Å². The lowest BCUT2D eigenvalue weighted by Crippen LogP contribution is -2.43. The number of nitro groups is 1. The predicted octanol–water partition coefficient (Wildman–Crippen LogP) is 1.91. The molecule has 0 radical (unpaired) electrons. The Bertz CT molecular complexity index is 1050. The molecule has 2 amide bonds. The van der Waals surface area contributed by atoms with Gasteiger partial charge in [0.1, 0.15) is 5.02 Å². The fraction of sp³-hybridized carbons (Fsp3) is 0.105. The van der Waals surface area contributed by atoms with E-state index in [1.165, 1.54) is 30.3 Å². The van der Waals surface area contributed by atoms with Gasteiger partial charge in [-0.15, -0.1) is 0 Å². The smallest absolute Gasteiger partial charge is 0.288 e. The molecular weight excluding hydrogens is 388 g/mol. The van der Waals surface area contributed by atoms with Crippen LogP contribution in [-0.2, 0) is 9.59 Å². The molecule has 1 aliphatic rings. The van der Waals surface area contributed by atoms with E-state index in [1.807, 2.05) is 0 Å². The first-order valence-electron chi connectivity index (χ1n) is 8.10. The Morgan fingerprint density at radius 2 is 1.79 bits per heavy atom. The normalized spacial score (nSPS) is 14.9. The van der Waals surface area contributed by atoms with Gasteiger partial charge in [0.25, 0.3) is 17.5 Å². The van der Waals surface area contributed by atoms with Crippen LogP contribution in [0.25, 0.3) is 11.6 Å². The summed E-state index contributed by atoms with van der Waals surface area (Å²) in [6.07, 6.45) is 0.905. The van der Waals surface area contributed by atoms with Crippen molar-refractivity contribution < 1.29 is 24.4 Å². The molecule has 0 unspecified atom stereocenters. The SMILES string of the molecule is O=C([O-])CCN1C(=O)/C(=C\c2ccc(Cl)c([N+](=O)[O-])c2)c2ccccc2C1=O. The number of carbonyl (C=O) groups is 3. The van der Waals surface area contributed by atoms with Crippen LogP contribution in [0.15, 0.2) is 42.5 Å². The molecule has 0 saturated heterocycles. The highest BCUT2D eigenvalue weighted by Crippen LogP contribution is 2.32. The van der Waals surface area contributed by atoms with Crippen LogP contribution in [0.5, 0.6) is 0 Å². The monoisotopic (exact) mass is 399 g/mol. The van der Waals surface area contributed by atoms with E-state index in [0.717, 1.165) is 4.90 Å². The van der Waals surface area contributed by atoms with Gasteiger partial charge >= 0.3 is 0 Å². The Hall–Kier alpha value is -3.52. The van der Waals surface area contributed by atoms with Gasteiger partial charge in [0.15, 0.2) is 0 Å². The van der Waals surface area contributed by atoms with E-state index in [0.29, 0.717) is 11.1 Å². The van der Waals surface area contributed by atoms with Gasteiger partial charge in [-0.1, -0.05) is 35.9 Å². The van der Waals surface area contributed by atoms with Gasteiger partial charge in [-0.05, 0) is 29.3 Å². The van der Waals surface area contributed by atoms with Crippen molar-refractivity contribution >= 4 is 46.7 Å². The number of nitrogens with zero attached hydrogens (tertiary/aromatic N) is 2. The average Bonchev–Trinajstić information content (AvgIpc) is 2.66. The highest BCUT2D eigenvalue weighted by atomic mass is 35.5. The van der Waals surface area contributed by atoms with Crippen LogP contribution >= 0.6 is 11.6 Å². The maximum absolute atomic E-state index is 12.9. The molecule has 8 nitrogen and oxygen atoms in total. The number of rotatable bonds is 5. The summed E-state index contributed by atoms with van der Waals surface area (Å²) in [5.41, 5.74) is 0.723. The van der Waals surface area contributed by atoms with Gasteiger partial charge in [0.05, 0.1) is 4.92 Å². The standard InChI is InChI=1S/C19H13ClN2O6/c20-15-6-5-11(10-16(15)22(27)28)9-14-12-3-1-2-4-13(12)18(25)21(19(14)26)8-7-17(23)24/h1-6,9-10H,7-8H2,(H,23,24)/p-1/b14-9-. The topological polar surface area (TPSA) is 121 Å². The highest BCUT2D eigenvalue weighted by molar-refractivity contribution is 6.34. The zero-order valence-electron chi connectivity index (χ0n) is 14.3. The van der Waals surface area contributed by atoms with Gasteiger partial charge in [-0.2, -0.15) is 0 Å². The van der Waals surface area contributed by atoms with E-state index < -0.39 is 29.1 Å². The van der Waals surface area contributed by atoms with Crippen molar-refractivity contribution in [1.29, 1.82) is 0 Å². The van der Waals surface area contributed by atoms with Gasteiger partial charge in [0.2, 0.25) is 0 Å². The third-order valence-corrected chi connectivity index (χ3v) is 4.51. The molecule has 0 saturated carbocycles. The molecule has 0 aliphatic carbocycles. The Labute approximate surface area is 163 Å². The summed E-state index contributed by atoms with van der Waals surface area (Å²) in [7, 11) is 0. The third kappa shape index (κ3) is 3.63. The first-order valence-corrected chi connectivity index (χ1v) is 8.48. The van der Waals surface area contributed by atoms with Gasteiger partial charge < -0.3 is 9.90 Å². The second-order valence-electron chi connectivity index (χ2n) is 5.96. The number of halogens is 1. The number of nitro benzene ring substituents is 1. The van der Waals surface area contributed by atoms with Crippen LogP contribution < -0.4 is 5.11 Å². The molecule has 3 rings (SSSR count). The van der Waals surface area contributed by atoms with Crippen LogP contribution in [-0.4, -0.2) is 34.2 Å². The maximum Gasteiger partial charge on any atom is 0.288 e. The number of carboxylic acids is 1. The first-order chi connectivity index (χ1) is 13.3. The summed E-state index contributed by atoms with van der Waals surface area (Å²) in [6, 6.07) is 10.4. The van der Waals surface area contributed by atoms with E-state index in [-0.39, 0.29) is 28.4 Å². The minimum absolute atomic E-state index is 0.0479. The second kappa shape index (κ2) is 7.61. The number of carbonyl (C=O) groups excluding carboxylic acids is 3. The fourth-order valence-electron chi connectivity index (χ4n) is 2.87. The number of carboxylic acid groups (broad SMARTS) is 1. The van der Waals surface area contributed by atoms with Crippen LogP contribution in [0.2, 0.25) is 5.02 Å². The summed E-state index contributed by atoms with van der Waals surface area (Å²) in [6.45, 7) is -0.341. The van der Waals surface area contributed by atoms with E-state index >= 15 is 0 Å². The minimum Gasteiger partial charge on any atom is -0.550 e. The molecule has 2 aromatic rings. The molecule has 1 aliphatic heterocycles. The Kier molecular flexibility index (Phi) is 5.23. The molecule has 0 atom stereocenters. The molecule has 9 heteroatoms. The molecule has 1 heterocycles. The molecule has 0 bridgehead atoms. The number of imide groups is 1. The fourth-order valence-corrected chi connectivity index (χ4v) is 3.06. The Morgan fingerprint density at radius 3 is 2.43 bits per heavy atom. The predicted molar refractivity (Wildman–Crippen MR) is 98.1 cm³/mol. The third-order valence-electron chi connectivity index (χ3n) is 4.19. The van der Waals surface area contributed by atoms with Crippen molar-refractivity contribution in [3.05, 3.63) is 74.3 Å². The largest absolute Gasteiger partial charge is 0.550 e. The zero-order chi connectivity index (χ0) is 20.4. The number of amides is 2. The quantitative estimate of drug-likeness (QED) is 0.327. The molecular formula is C19H12ClN2O6-.